The number of amides is 2. The molecule has 2 amide bonds. The number of anilines is 1. The molecule has 0 saturated carbocycles. The Morgan fingerprint density at radius 2 is 1.96 bits per heavy atom. The summed E-state index contributed by atoms with van der Waals surface area (Å²) < 4.78 is 54.4. The lowest BCUT2D eigenvalue weighted by molar-refractivity contribution is -0.274. The van der Waals surface area contributed by atoms with E-state index in [1.54, 1.807) is 6.92 Å². The van der Waals surface area contributed by atoms with E-state index in [0.29, 0.717) is 5.56 Å². The molecule has 1 fully saturated rings. The molecule has 1 unspecified atom stereocenters. The molecule has 1 saturated heterocycles. The highest BCUT2D eigenvalue weighted by molar-refractivity contribution is 6.04. The van der Waals surface area contributed by atoms with Gasteiger partial charge in [0.2, 0.25) is 5.91 Å². The Bertz CT molecular complexity index is 914. The molecule has 2 aromatic rings. The van der Waals surface area contributed by atoms with Gasteiger partial charge in [-0.1, -0.05) is 12.1 Å². The van der Waals surface area contributed by atoms with Crippen LogP contribution < -0.4 is 15.0 Å². The summed E-state index contributed by atoms with van der Waals surface area (Å²) in [6.07, 6.45) is -4.57. The summed E-state index contributed by atoms with van der Waals surface area (Å²) in [5.41, 5.74) is 0.899. The standard InChI is InChI=1S/C19H16F4N2O3/c1-11-5-6-12(20)9-15(11)17(26)24-16-7-8-25(18(16)27)13-3-2-4-14(10-13)28-19(21,22)23/h2-6,9-10,16H,7-8H2,1H3,(H,24,26). The van der Waals surface area contributed by atoms with Crippen molar-refractivity contribution in [1.29, 1.82) is 0 Å². The number of aryl methyl sites for hydroxylation is 1. The van der Waals surface area contributed by atoms with Gasteiger partial charge in [0.25, 0.3) is 5.91 Å². The third-order valence-corrected chi connectivity index (χ3v) is 4.32. The van der Waals surface area contributed by atoms with Crippen molar-refractivity contribution in [1.82, 2.24) is 5.32 Å². The second kappa shape index (κ2) is 7.49. The lowest BCUT2D eigenvalue weighted by Gasteiger charge is -2.19. The van der Waals surface area contributed by atoms with Crippen molar-refractivity contribution in [3.8, 4) is 5.75 Å². The van der Waals surface area contributed by atoms with Gasteiger partial charge in [-0.25, -0.2) is 4.39 Å². The van der Waals surface area contributed by atoms with Crippen LogP contribution in [0.15, 0.2) is 42.5 Å². The number of benzene rings is 2. The predicted molar refractivity (Wildman–Crippen MR) is 92.5 cm³/mol. The van der Waals surface area contributed by atoms with Crippen molar-refractivity contribution in [2.24, 2.45) is 0 Å². The van der Waals surface area contributed by atoms with E-state index in [9.17, 15) is 27.2 Å². The highest BCUT2D eigenvalue weighted by Gasteiger charge is 2.35. The number of carbonyl (C=O) groups is 2. The van der Waals surface area contributed by atoms with Gasteiger partial charge in [-0.05, 0) is 43.2 Å². The zero-order chi connectivity index (χ0) is 20.5. The van der Waals surface area contributed by atoms with Crippen LogP contribution in [0.3, 0.4) is 0 Å². The molecule has 9 heteroatoms. The average molecular weight is 396 g/mol. The SMILES string of the molecule is Cc1ccc(F)cc1C(=O)NC1CCN(c2cccc(OC(F)(F)F)c2)C1=O. The van der Waals surface area contributed by atoms with E-state index in [-0.39, 0.29) is 24.2 Å². The van der Waals surface area contributed by atoms with E-state index in [0.717, 1.165) is 18.2 Å². The Labute approximate surface area is 157 Å². The van der Waals surface area contributed by atoms with Crippen LogP contribution in [0.25, 0.3) is 0 Å². The van der Waals surface area contributed by atoms with Crippen molar-refractivity contribution in [2.75, 3.05) is 11.4 Å². The van der Waals surface area contributed by atoms with Crippen LogP contribution in [0.5, 0.6) is 5.75 Å². The molecule has 0 spiro atoms. The number of alkyl halides is 3. The quantitative estimate of drug-likeness (QED) is 0.804. The van der Waals surface area contributed by atoms with Gasteiger partial charge in [-0.3, -0.25) is 9.59 Å². The molecular weight excluding hydrogens is 380 g/mol. The van der Waals surface area contributed by atoms with E-state index in [1.807, 2.05) is 0 Å². The van der Waals surface area contributed by atoms with Gasteiger partial charge in [-0.2, -0.15) is 0 Å². The molecule has 1 heterocycles. The van der Waals surface area contributed by atoms with Crippen molar-refractivity contribution in [2.45, 2.75) is 25.7 Å². The Balaban J connectivity index is 1.72. The van der Waals surface area contributed by atoms with E-state index in [4.69, 9.17) is 0 Å². The fraction of sp³-hybridized carbons (Fsp3) is 0.263. The van der Waals surface area contributed by atoms with Crippen LogP contribution in [0.4, 0.5) is 23.2 Å². The van der Waals surface area contributed by atoms with Crippen LogP contribution in [0.2, 0.25) is 0 Å². The van der Waals surface area contributed by atoms with E-state index in [1.165, 1.54) is 29.2 Å². The Kier molecular flexibility index (Phi) is 5.26. The molecule has 28 heavy (non-hydrogen) atoms. The lowest BCUT2D eigenvalue weighted by Crippen LogP contribution is -2.41. The Morgan fingerprint density at radius 3 is 2.68 bits per heavy atom. The van der Waals surface area contributed by atoms with Crippen LogP contribution in [-0.2, 0) is 4.79 Å². The van der Waals surface area contributed by atoms with Crippen LogP contribution >= 0.6 is 0 Å². The number of nitrogens with one attached hydrogen (secondary N) is 1. The van der Waals surface area contributed by atoms with Gasteiger partial charge in [0.15, 0.2) is 0 Å². The number of ether oxygens (including phenoxy) is 1. The van der Waals surface area contributed by atoms with Crippen LogP contribution in [0.1, 0.15) is 22.3 Å². The zero-order valence-corrected chi connectivity index (χ0v) is 14.7. The molecule has 0 bridgehead atoms. The summed E-state index contributed by atoms with van der Waals surface area (Å²) in [6, 6.07) is 7.95. The smallest absolute Gasteiger partial charge is 0.406 e. The number of nitrogens with zero attached hydrogens (tertiary/aromatic N) is 1. The topological polar surface area (TPSA) is 58.6 Å². The first kappa shape index (κ1) is 19.7. The normalized spacial score (nSPS) is 17.0. The Morgan fingerprint density at radius 1 is 1.21 bits per heavy atom. The predicted octanol–water partition coefficient (Wildman–Crippen LogP) is 3.57. The maximum atomic E-state index is 13.4. The van der Waals surface area contributed by atoms with Crippen molar-refractivity contribution in [3.05, 3.63) is 59.4 Å². The second-order valence-electron chi connectivity index (χ2n) is 6.31. The van der Waals surface area contributed by atoms with Gasteiger partial charge >= 0.3 is 6.36 Å². The summed E-state index contributed by atoms with van der Waals surface area (Å²) in [5.74, 6) is -2.07. The molecule has 1 aliphatic heterocycles. The monoisotopic (exact) mass is 396 g/mol. The Hall–Kier alpha value is -3.10. The minimum absolute atomic E-state index is 0.117. The van der Waals surface area contributed by atoms with E-state index < -0.39 is 35.8 Å². The number of halogens is 4. The minimum atomic E-state index is -4.84. The van der Waals surface area contributed by atoms with Crippen LogP contribution in [-0.4, -0.2) is 30.8 Å². The summed E-state index contributed by atoms with van der Waals surface area (Å²) >= 11 is 0. The van der Waals surface area contributed by atoms with Crippen molar-refractivity contribution >= 4 is 17.5 Å². The summed E-state index contributed by atoms with van der Waals surface area (Å²) in [7, 11) is 0. The first-order valence-corrected chi connectivity index (χ1v) is 8.38. The van der Waals surface area contributed by atoms with E-state index in [2.05, 4.69) is 10.1 Å². The molecule has 148 valence electrons. The summed E-state index contributed by atoms with van der Waals surface area (Å²) in [4.78, 5) is 26.2. The zero-order valence-electron chi connectivity index (χ0n) is 14.7. The third-order valence-electron chi connectivity index (χ3n) is 4.32. The van der Waals surface area contributed by atoms with Gasteiger partial charge in [0, 0.05) is 23.9 Å². The molecule has 0 aromatic heterocycles. The van der Waals surface area contributed by atoms with E-state index >= 15 is 0 Å². The fourth-order valence-corrected chi connectivity index (χ4v) is 2.99. The second-order valence-corrected chi connectivity index (χ2v) is 6.31. The molecule has 0 aliphatic carbocycles. The third kappa shape index (κ3) is 4.41. The number of carbonyl (C=O) groups excluding carboxylic acids is 2. The molecule has 0 radical (unpaired) electrons. The molecule has 5 nitrogen and oxygen atoms in total. The minimum Gasteiger partial charge on any atom is -0.406 e. The molecule has 1 atom stereocenters. The lowest BCUT2D eigenvalue weighted by atomic mass is 10.1. The van der Waals surface area contributed by atoms with Crippen molar-refractivity contribution in [3.63, 3.8) is 0 Å². The fourth-order valence-electron chi connectivity index (χ4n) is 2.99. The van der Waals surface area contributed by atoms with Crippen molar-refractivity contribution < 1.29 is 31.9 Å². The molecule has 1 aliphatic rings. The maximum Gasteiger partial charge on any atom is 0.573 e. The summed E-state index contributed by atoms with van der Waals surface area (Å²) in [5, 5.41) is 2.56. The number of hydrogen-bond donors (Lipinski definition) is 1. The highest BCUT2D eigenvalue weighted by Crippen LogP contribution is 2.29. The molecule has 3 rings (SSSR count). The van der Waals surface area contributed by atoms with Gasteiger partial charge in [0.1, 0.15) is 17.6 Å². The highest BCUT2D eigenvalue weighted by atomic mass is 19.4. The number of rotatable bonds is 4. The summed E-state index contributed by atoms with van der Waals surface area (Å²) in [6.45, 7) is 1.85. The first-order chi connectivity index (χ1) is 13.1. The molecule has 1 N–H and O–H groups in total. The molecule has 2 aromatic carbocycles. The van der Waals surface area contributed by atoms with Gasteiger partial charge < -0.3 is 15.0 Å². The van der Waals surface area contributed by atoms with Gasteiger partial charge in [-0.15, -0.1) is 13.2 Å². The van der Waals surface area contributed by atoms with Gasteiger partial charge in [0.05, 0.1) is 0 Å². The average Bonchev–Trinajstić information content (AvgIpc) is 2.96. The first-order valence-electron chi connectivity index (χ1n) is 8.38. The number of hydrogen-bond acceptors (Lipinski definition) is 3. The largest absolute Gasteiger partial charge is 0.573 e. The van der Waals surface area contributed by atoms with Crippen LogP contribution in [0, 0.1) is 12.7 Å². The molecular formula is C19H16F4N2O3. The maximum absolute atomic E-state index is 13.4.